The van der Waals surface area contributed by atoms with Gasteiger partial charge in [0.15, 0.2) is 0 Å². The summed E-state index contributed by atoms with van der Waals surface area (Å²) in [4.78, 5) is 28.9. The Kier molecular flexibility index (Phi) is 4.97. The summed E-state index contributed by atoms with van der Waals surface area (Å²) in [5, 5.41) is 1.91. The summed E-state index contributed by atoms with van der Waals surface area (Å²) in [6.07, 6.45) is 6.40. The third kappa shape index (κ3) is 3.13. The number of anilines is 1. The third-order valence-corrected chi connectivity index (χ3v) is 7.66. The van der Waals surface area contributed by atoms with Crippen LogP contribution < -0.4 is 10.6 Å². The highest BCUT2D eigenvalue weighted by molar-refractivity contribution is 6.45. The van der Waals surface area contributed by atoms with Crippen molar-refractivity contribution in [3.63, 3.8) is 0 Å². The normalized spacial score (nSPS) is 17.1. The van der Waals surface area contributed by atoms with Crippen LogP contribution in [-0.4, -0.2) is 20.9 Å². The van der Waals surface area contributed by atoms with E-state index >= 15 is 0 Å². The van der Waals surface area contributed by atoms with Gasteiger partial charge in [-0.2, -0.15) is 0 Å². The smallest absolute Gasteiger partial charge is 0.266 e. The fourth-order valence-electron chi connectivity index (χ4n) is 5.84. The van der Waals surface area contributed by atoms with Crippen molar-refractivity contribution < 1.29 is 9.59 Å². The van der Waals surface area contributed by atoms with Crippen LogP contribution in [0.25, 0.3) is 27.4 Å². The molecule has 2 amide bonds. The number of nitrogens with zero attached hydrogens (tertiary/aromatic N) is 3. The summed E-state index contributed by atoms with van der Waals surface area (Å²) < 4.78 is 4.29. The van der Waals surface area contributed by atoms with Crippen LogP contribution >= 0.6 is 0 Å². The van der Waals surface area contributed by atoms with Crippen LogP contribution in [0.15, 0.2) is 54.7 Å². The van der Waals surface area contributed by atoms with Gasteiger partial charge in [0, 0.05) is 59.5 Å². The number of carbonyl (C=O) groups is 2. The fourth-order valence-corrected chi connectivity index (χ4v) is 5.84. The Morgan fingerprint density at radius 2 is 1.74 bits per heavy atom. The average Bonchev–Trinajstić information content (AvgIpc) is 3.47. The van der Waals surface area contributed by atoms with Gasteiger partial charge in [-0.15, -0.1) is 0 Å². The number of aromatic nitrogens is 2. The van der Waals surface area contributed by atoms with E-state index in [9.17, 15) is 9.59 Å². The standard InChI is InChI=1S/C29H30N4O2/c1-17(2)27(30)19-10-8-13-23-26(19)28(24-12-6-7-14-32(23)24)33-25(34)15-20(29(33)35)21-16-31(3)22-11-5-4-9-18(21)22/h4-5,8-11,13,15-17,27H,6-7,12,14,30H2,1-3H3/t27-/m1/s1. The molecule has 6 heteroatoms. The molecule has 1 atom stereocenters. The maximum Gasteiger partial charge on any atom is 0.266 e. The summed E-state index contributed by atoms with van der Waals surface area (Å²) in [7, 11) is 1.96. The minimum absolute atomic E-state index is 0.194. The Hall–Kier alpha value is -3.64. The summed E-state index contributed by atoms with van der Waals surface area (Å²) in [5.74, 6) is -0.327. The maximum atomic E-state index is 14.0. The number of para-hydroxylation sites is 1. The van der Waals surface area contributed by atoms with Crippen molar-refractivity contribution in [3.8, 4) is 0 Å². The molecule has 0 aliphatic carbocycles. The number of rotatable bonds is 4. The average molecular weight is 467 g/mol. The van der Waals surface area contributed by atoms with Gasteiger partial charge in [0.25, 0.3) is 11.8 Å². The number of nitrogens with two attached hydrogens (primary N) is 1. The van der Waals surface area contributed by atoms with E-state index in [-0.39, 0.29) is 23.8 Å². The third-order valence-electron chi connectivity index (χ3n) is 7.66. The molecular formula is C29H30N4O2. The van der Waals surface area contributed by atoms with Gasteiger partial charge >= 0.3 is 0 Å². The minimum atomic E-state index is -0.285. The first-order chi connectivity index (χ1) is 16.9. The number of carbonyl (C=O) groups excluding carboxylic acids is 2. The van der Waals surface area contributed by atoms with E-state index in [1.165, 1.54) is 11.0 Å². The summed E-state index contributed by atoms with van der Waals surface area (Å²) >= 11 is 0. The second kappa shape index (κ2) is 7.95. The molecule has 0 radical (unpaired) electrons. The molecule has 4 aromatic rings. The molecule has 2 aromatic carbocycles. The van der Waals surface area contributed by atoms with Crippen LogP contribution in [0.2, 0.25) is 0 Å². The van der Waals surface area contributed by atoms with Gasteiger partial charge in [-0.05, 0) is 42.9 Å². The molecule has 0 bridgehead atoms. The first-order valence-corrected chi connectivity index (χ1v) is 12.4. The highest BCUT2D eigenvalue weighted by Crippen LogP contribution is 2.44. The minimum Gasteiger partial charge on any atom is -0.350 e. The predicted molar refractivity (Wildman–Crippen MR) is 140 cm³/mol. The quantitative estimate of drug-likeness (QED) is 0.426. The van der Waals surface area contributed by atoms with Gasteiger partial charge in [0.2, 0.25) is 0 Å². The van der Waals surface area contributed by atoms with Gasteiger partial charge in [-0.25, -0.2) is 4.90 Å². The molecule has 2 aromatic heterocycles. The van der Waals surface area contributed by atoms with Crippen molar-refractivity contribution in [1.29, 1.82) is 0 Å². The summed E-state index contributed by atoms with van der Waals surface area (Å²) in [6, 6.07) is 14.0. The first kappa shape index (κ1) is 21.9. The lowest BCUT2D eigenvalue weighted by Gasteiger charge is -2.22. The molecule has 6 nitrogen and oxygen atoms in total. The molecule has 2 N–H and O–H groups in total. The number of hydrogen-bond donors (Lipinski definition) is 1. The van der Waals surface area contributed by atoms with E-state index in [2.05, 4.69) is 24.5 Å². The van der Waals surface area contributed by atoms with E-state index in [1.807, 2.05) is 54.2 Å². The van der Waals surface area contributed by atoms with E-state index in [1.54, 1.807) is 0 Å². The number of aryl methyl sites for hydroxylation is 2. The topological polar surface area (TPSA) is 73.3 Å². The monoisotopic (exact) mass is 466 g/mol. The lowest BCUT2D eigenvalue weighted by Crippen LogP contribution is -2.32. The van der Waals surface area contributed by atoms with Gasteiger partial charge in [-0.3, -0.25) is 9.59 Å². The lowest BCUT2D eigenvalue weighted by molar-refractivity contribution is -0.119. The van der Waals surface area contributed by atoms with Crippen LogP contribution in [0.5, 0.6) is 0 Å². The molecule has 0 unspecified atom stereocenters. The summed E-state index contributed by atoms with van der Waals surface area (Å²) in [5.41, 5.74) is 12.8. The number of amides is 2. The van der Waals surface area contributed by atoms with Crippen LogP contribution in [0.3, 0.4) is 0 Å². The predicted octanol–water partition coefficient (Wildman–Crippen LogP) is 5.08. The van der Waals surface area contributed by atoms with Crippen molar-refractivity contribution in [2.45, 2.75) is 45.7 Å². The molecule has 0 saturated heterocycles. The van der Waals surface area contributed by atoms with Gasteiger partial charge in [0.1, 0.15) is 0 Å². The van der Waals surface area contributed by atoms with Gasteiger partial charge < -0.3 is 14.9 Å². The zero-order valence-corrected chi connectivity index (χ0v) is 20.4. The number of imide groups is 1. The van der Waals surface area contributed by atoms with Crippen LogP contribution in [0.4, 0.5) is 5.69 Å². The van der Waals surface area contributed by atoms with Crippen molar-refractivity contribution in [1.82, 2.24) is 9.13 Å². The van der Waals surface area contributed by atoms with Crippen LogP contribution in [0, 0.1) is 5.92 Å². The van der Waals surface area contributed by atoms with Gasteiger partial charge in [-0.1, -0.05) is 44.2 Å². The Morgan fingerprint density at radius 3 is 2.54 bits per heavy atom. The van der Waals surface area contributed by atoms with E-state index in [0.29, 0.717) is 5.57 Å². The number of fused-ring (bicyclic) bond motifs is 4. The van der Waals surface area contributed by atoms with Crippen molar-refractivity contribution in [2.24, 2.45) is 18.7 Å². The van der Waals surface area contributed by atoms with Crippen LogP contribution in [0.1, 0.15) is 49.6 Å². The molecule has 0 fully saturated rings. The molecule has 4 heterocycles. The van der Waals surface area contributed by atoms with E-state index < -0.39 is 0 Å². The zero-order valence-electron chi connectivity index (χ0n) is 20.4. The Labute approximate surface area is 204 Å². The molecular weight excluding hydrogens is 436 g/mol. The van der Waals surface area contributed by atoms with E-state index in [0.717, 1.165) is 70.1 Å². The number of hydrogen-bond acceptors (Lipinski definition) is 3. The van der Waals surface area contributed by atoms with E-state index in [4.69, 9.17) is 5.73 Å². The summed E-state index contributed by atoms with van der Waals surface area (Å²) in [6.45, 7) is 5.09. The molecule has 35 heavy (non-hydrogen) atoms. The molecule has 2 aliphatic heterocycles. The van der Waals surface area contributed by atoms with Gasteiger partial charge in [0.05, 0.1) is 16.8 Å². The molecule has 0 saturated carbocycles. The second-order valence-corrected chi connectivity index (χ2v) is 10.1. The fraction of sp³-hybridized carbons (Fsp3) is 0.310. The molecule has 2 aliphatic rings. The Morgan fingerprint density at radius 1 is 0.971 bits per heavy atom. The lowest BCUT2D eigenvalue weighted by atomic mass is 9.93. The molecule has 0 spiro atoms. The molecule has 6 rings (SSSR count). The highest BCUT2D eigenvalue weighted by Gasteiger charge is 2.39. The number of benzene rings is 2. The maximum absolute atomic E-state index is 14.0. The SMILES string of the molecule is CC(C)[C@@H](N)c1cccc2c1c(N1C(=O)C=C(c3cn(C)c4ccccc34)C1=O)c1n2CCCC1. The highest BCUT2D eigenvalue weighted by atomic mass is 16.2. The zero-order chi connectivity index (χ0) is 24.4. The largest absolute Gasteiger partial charge is 0.350 e. The first-order valence-electron chi connectivity index (χ1n) is 12.4. The molecule has 178 valence electrons. The van der Waals surface area contributed by atoms with Crippen molar-refractivity contribution in [3.05, 3.63) is 71.6 Å². The van der Waals surface area contributed by atoms with Crippen molar-refractivity contribution in [2.75, 3.05) is 4.90 Å². The second-order valence-electron chi connectivity index (χ2n) is 10.1. The van der Waals surface area contributed by atoms with Crippen molar-refractivity contribution >= 4 is 44.9 Å². The Balaban J connectivity index is 1.56. The van der Waals surface area contributed by atoms with Crippen LogP contribution in [-0.2, 0) is 29.6 Å². The Bertz CT molecular complexity index is 1550.